The summed E-state index contributed by atoms with van der Waals surface area (Å²) in [5, 5.41) is 10.4. The van der Waals surface area contributed by atoms with E-state index in [1.165, 1.54) is 6.92 Å². The molecule has 0 aromatic rings. The van der Waals surface area contributed by atoms with Crippen molar-refractivity contribution in [2.75, 3.05) is 34.2 Å². The number of carbonyl (C=O) groups is 2. The van der Waals surface area contributed by atoms with Gasteiger partial charge in [-0.2, -0.15) is 13.2 Å². The van der Waals surface area contributed by atoms with E-state index in [0.717, 1.165) is 0 Å². The molecular weight excluding hydrogens is 281 g/mol. The van der Waals surface area contributed by atoms with Crippen LogP contribution in [-0.4, -0.2) is 62.9 Å². The molecule has 6 nitrogen and oxygen atoms in total. The Morgan fingerprint density at radius 1 is 1.30 bits per heavy atom. The van der Waals surface area contributed by atoms with Crippen LogP contribution in [0.5, 0.6) is 0 Å². The molecule has 120 valence electrons. The molecule has 0 spiro atoms. The number of carboxylic acid groups (broad SMARTS) is 1. The predicted octanol–water partition coefficient (Wildman–Crippen LogP) is -0.728. The fraction of sp³-hybridized carbons (Fsp3) is 0.818. The van der Waals surface area contributed by atoms with Gasteiger partial charge in [-0.3, -0.25) is 4.79 Å². The molecule has 1 unspecified atom stereocenters. The van der Waals surface area contributed by atoms with Gasteiger partial charge in [0.2, 0.25) is 0 Å². The van der Waals surface area contributed by atoms with Crippen molar-refractivity contribution in [3.63, 3.8) is 0 Å². The summed E-state index contributed by atoms with van der Waals surface area (Å²) in [6, 6.07) is 0. The molecule has 0 aliphatic carbocycles. The number of halogens is 3. The number of hydrogen-bond acceptors (Lipinski definition) is 5. The van der Waals surface area contributed by atoms with Crippen LogP contribution in [0.4, 0.5) is 13.2 Å². The van der Waals surface area contributed by atoms with Crippen molar-refractivity contribution in [3.05, 3.63) is 0 Å². The Labute approximate surface area is 115 Å². The molecule has 0 aromatic heterocycles. The van der Waals surface area contributed by atoms with Crippen LogP contribution >= 0.6 is 0 Å². The lowest BCUT2D eigenvalue weighted by molar-refractivity contribution is -0.873. The number of rotatable bonds is 5. The van der Waals surface area contributed by atoms with Gasteiger partial charge in [0, 0.05) is 19.3 Å². The standard InChI is InChI=1S/C9H17NO4.C2H4F3N/c1-7(11)14-8(5-9(12)13)6-10(2,3)4;3-2(4,5)1-6/h8H,5-6H2,1-4H3;1,6H2. The highest BCUT2D eigenvalue weighted by atomic mass is 19.4. The lowest BCUT2D eigenvalue weighted by Gasteiger charge is -2.28. The van der Waals surface area contributed by atoms with Gasteiger partial charge in [-0.15, -0.1) is 0 Å². The number of esters is 1. The van der Waals surface area contributed by atoms with E-state index in [0.29, 0.717) is 11.0 Å². The molecule has 1 atom stereocenters. The number of quaternary nitrogens is 1. The van der Waals surface area contributed by atoms with Crippen molar-refractivity contribution in [1.29, 1.82) is 0 Å². The van der Waals surface area contributed by atoms with Gasteiger partial charge in [0.05, 0.1) is 27.7 Å². The largest absolute Gasteiger partial charge is 0.550 e. The average molecular weight is 302 g/mol. The topological polar surface area (TPSA) is 92.5 Å². The number of aliphatic carboxylic acids is 1. The number of ether oxygens (including phenoxy) is 1. The van der Waals surface area contributed by atoms with Crippen molar-refractivity contribution < 1.29 is 37.1 Å². The van der Waals surface area contributed by atoms with Crippen molar-refractivity contribution in [1.82, 2.24) is 0 Å². The highest BCUT2D eigenvalue weighted by Crippen LogP contribution is 2.10. The average Bonchev–Trinajstić information content (AvgIpc) is 2.12. The third-order valence-electron chi connectivity index (χ3n) is 1.71. The third kappa shape index (κ3) is 19.0. The zero-order valence-corrected chi connectivity index (χ0v) is 12.0. The molecular formula is C11H21F3N2O4. The molecule has 0 fully saturated rings. The summed E-state index contributed by atoms with van der Waals surface area (Å²) in [6.07, 6.45) is -5.05. The van der Waals surface area contributed by atoms with E-state index in [2.05, 4.69) is 5.73 Å². The van der Waals surface area contributed by atoms with Crippen molar-refractivity contribution in [2.24, 2.45) is 5.73 Å². The Hall–Kier alpha value is -1.35. The highest BCUT2D eigenvalue weighted by Gasteiger charge is 2.23. The normalized spacial score (nSPS) is 13.0. The molecule has 0 saturated carbocycles. The predicted molar refractivity (Wildman–Crippen MR) is 63.2 cm³/mol. The summed E-state index contributed by atoms with van der Waals surface area (Å²) >= 11 is 0. The number of alkyl halides is 3. The zero-order chi connectivity index (χ0) is 16.6. The summed E-state index contributed by atoms with van der Waals surface area (Å²) in [5.41, 5.74) is 4.18. The van der Waals surface area contributed by atoms with Crippen LogP contribution in [0.25, 0.3) is 0 Å². The van der Waals surface area contributed by atoms with E-state index >= 15 is 0 Å². The third-order valence-corrected chi connectivity index (χ3v) is 1.71. The van der Waals surface area contributed by atoms with E-state index in [1.807, 2.05) is 21.1 Å². The van der Waals surface area contributed by atoms with Crippen LogP contribution in [0.2, 0.25) is 0 Å². The lowest BCUT2D eigenvalue weighted by atomic mass is 10.2. The second-order valence-electron chi connectivity index (χ2n) is 5.10. The van der Waals surface area contributed by atoms with E-state index in [4.69, 9.17) is 4.74 Å². The summed E-state index contributed by atoms with van der Waals surface area (Å²) in [5.74, 6) is -1.67. The molecule has 0 amide bonds. The Balaban J connectivity index is 0. The summed E-state index contributed by atoms with van der Waals surface area (Å²) in [4.78, 5) is 21.0. The molecule has 0 bridgehead atoms. The van der Waals surface area contributed by atoms with Crippen molar-refractivity contribution in [2.45, 2.75) is 25.6 Å². The fourth-order valence-electron chi connectivity index (χ4n) is 1.17. The highest BCUT2D eigenvalue weighted by molar-refractivity contribution is 5.68. The molecule has 9 heteroatoms. The first kappa shape index (κ1) is 21.0. The number of nitrogens with zero attached hydrogens (tertiary/aromatic N) is 1. The molecule has 20 heavy (non-hydrogen) atoms. The minimum atomic E-state index is -4.18. The Kier molecular flexibility index (Phi) is 9.17. The van der Waals surface area contributed by atoms with Crippen molar-refractivity contribution >= 4 is 11.9 Å². The number of likely N-dealkylation sites (N-methyl/N-ethyl adjacent to an activating group) is 1. The van der Waals surface area contributed by atoms with Crippen LogP contribution in [0.3, 0.4) is 0 Å². The Morgan fingerprint density at radius 3 is 1.90 bits per heavy atom. The first-order chi connectivity index (χ1) is 8.76. The monoisotopic (exact) mass is 302 g/mol. The van der Waals surface area contributed by atoms with E-state index in [-0.39, 0.29) is 6.42 Å². The van der Waals surface area contributed by atoms with E-state index in [1.54, 1.807) is 0 Å². The molecule has 0 aliphatic rings. The second-order valence-corrected chi connectivity index (χ2v) is 5.10. The number of nitrogens with two attached hydrogens (primary N) is 1. The van der Waals surface area contributed by atoms with Gasteiger partial charge in [0.15, 0.2) is 6.10 Å². The maximum Gasteiger partial charge on any atom is 0.400 e. The van der Waals surface area contributed by atoms with Gasteiger partial charge in [-0.25, -0.2) is 0 Å². The molecule has 2 N–H and O–H groups in total. The molecule has 0 saturated heterocycles. The first-order valence-electron chi connectivity index (χ1n) is 5.71. The maximum atomic E-state index is 10.7. The zero-order valence-electron chi connectivity index (χ0n) is 12.0. The number of carboxylic acids is 1. The number of hydrogen-bond donors (Lipinski definition) is 1. The van der Waals surface area contributed by atoms with E-state index < -0.39 is 30.8 Å². The van der Waals surface area contributed by atoms with Crippen LogP contribution in [0.1, 0.15) is 13.3 Å². The SMILES string of the molecule is CC(=O)OC(CC(=O)[O-])C[N+](C)(C)C.NCC(F)(F)F. The lowest BCUT2D eigenvalue weighted by Crippen LogP contribution is -2.45. The van der Waals surface area contributed by atoms with E-state index in [9.17, 15) is 27.9 Å². The summed E-state index contributed by atoms with van der Waals surface area (Å²) < 4.78 is 37.4. The fourth-order valence-corrected chi connectivity index (χ4v) is 1.17. The first-order valence-corrected chi connectivity index (χ1v) is 5.71. The number of carbonyl (C=O) groups excluding carboxylic acids is 2. The quantitative estimate of drug-likeness (QED) is 0.534. The van der Waals surface area contributed by atoms with Gasteiger partial charge >= 0.3 is 12.1 Å². The van der Waals surface area contributed by atoms with Gasteiger partial charge in [-0.05, 0) is 0 Å². The van der Waals surface area contributed by atoms with Gasteiger partial charge < -0.3 is 24.9 Å². The van der Waals surface area contributed by atoms with Gasteiger partial charge in [0.1, 0.15) is 6.54 Å². The van der Waals surface area contributed by atoms with Crippen LogP contribution in [0.15, 0.2) is 0 Å². The molecule has 0 radical (unpaired) electrons. The minimum absolute atomic E-state index is 0.255. The Bertz CT molecular complexity index is 298. The smallest absolute Gasteiger partial charge is 0.400 e. The Morgan fingerprint density at radius 2 is 1.70 bits per heavy atom. The molecule has 0 heterocycles. The molecule has 0 rings (SSSR count). The van der Waals surface area contributed by atoms with Crippen LogP contribution < -0.4 is 10.8 Å². The molecule has 0 aromatic carbocycles. The van der Waals surface area contributed by atoms with Crippen LogP contribution in [0, 0.1) is 0 Å². The van der Waals surface area contributed by atoms with Gasteiger partial charge in [-0.1, -0.05) is 0 Å². The maximum absolute atomic E-state index is 10.7. The summed E-state index contributed by atoms with van der Waals surface area (Å²) in [6.45, 7) is 0.485. The van der Waals surface area contributed by atoms with Crippen LogP contribution in [-0.2, 0) is 14.3 Å². The van der Waals surface area contributed by atoms with Gasteiger partial charge in [0.25, 0.3) is 0 Å². The second kappa shape index (κ2) is 8.75. The summed E-state index contributed by atoms with van der Waals surface area (Å²) in [7, 11) is 5.68. The minimum Gasteiger partial charge on any atom is -0.550 e. The molecule has 0 aliphatic heterocycles. The van der Waals surface area contributed by atoms with Crippen molar-refractivity contribution in [3.8, 4) is 0 Å².